The van der Waals surface area contributed by atoms with Gasteiger partial charge in [-0.1, -0.05) is 12.1 Å². The summed E-state index contributed by atoms with van der Waals surface area (Å²) in [6, 6.07) is 10.1. The Hall–Kier alpha value is -1.98. The van der Waals surface area contributed by atoms with Crippen molar-refractivity contribution < 1.29 is 13.9 Å². The largest absolute Gasteiger partial charge is 0.494 e. The molecule has 0 bridgehead atoms. The highest BCUT2D eigenvalue weighted by Crippen LogP contribution is 2.24. The van der Waals surface area contributed by atoms with Crippen molar-refractivity contribution in [1.29, 1.82) is 0 Å². The lowest BCUT2D eigenvalue weighted by Crippen LogP contribution is -2.38. The molecule has 1 aromatic carbocycles. The average Bonchev–Trinajstić information content (AvgIpc) is 3.17. The molecule has 1 aliphatic rings. The molecule has 2 heterocycles. The number of likely N-dealkylation sites (tertiary alicyclic amines) is 1. The molecular weight excluding hydrogens is 364 g/mol. The van der Waals surface area contributed by atoms with Crippen LogP contribution in [0.3, 0.4) is 0 Å². The van der Waals surface area contributed by atoms with Crippen LogP contribution >= 0.6 is 12.4 Å². The fourth-order valence-electron chi connectivity index (χ4n) is 3.50. The monoisotopic (exact) mass is 392 g/mol. The quantitative estimate of drug-likeness (QED) is 0.771. The molecule has 1 amide bonds. The molecule has 27 heavy (non-hydrogen) atoms. The molecule has 1 saturated heterocycles. The van der Waals surface area contributed by atoms with Crippen LogP contribution in [0.1, 0.15) is 47.9 Å². The first-order valence-corrected chi connectivity index (χ1v) is 9.48. The lowest BCUT2D eigenvalue weighted by molar-refractivity contribution is 0.0686. The number of nitrogens with zero attached hydrogens (tertiary/aromatic N) is 1. The third kappa shape index (κ3) is 5.75. The normalized spacial score (nSPS) is 14.7. The number of nitrogens with two attached hydrogens (primary N) is 1. The summed E-state index contributed by atoms with van der Waals surface area (Å²) in [6.45, 7) is 4.64. The van der Waals surface area contributed by atoms with Crippen LogP contribution in [0.5, 0.6) is 5.75 Å². The molecule has 3 rings (SSSR count). The van der Waals surface area contributed by atoms with Crippen LogP contribution in [0.4, 0.5) is 0 Å². The Morgan fingerprint density at radius 2 is 1.96 bits per heavy atom. The summed E-state index contributed by atoms with van der Waals surface area (Å²) in [6.07, 6.45) is 5.88. The lowest BCUT2D eigenvalue weighted by Gasteiger charge is -2.31. The smallest absolute Gasteiger partial charge is 0.257 e. The number of carbonyl (C=O) groups excluding carboxylic acids is 1. The molecule has 0 saturated carbocycles. The van der Waals surface area contributed by atoms with Gasteiger partial charge in [0.2, 0.25) is 0 Å². The van der Waals surface area contributed by atoms with Gasteiger partial charge in [0.25, 0.3) is 5.91 Å². The van der Waals surface area contributed by atoms with Crippen LogP contribution < -0.4 is 10.5 Å². The molecule has 1 fully saturated rings. The van der Waals surface area contributed by atoms with Crippen molar-refractivity contribution in [2.24, 2.45) is 11.7 Å². The zero-order valence-corrected chi connectivity index (χ0v) is 16.7. The highest BCUT2D eigenvalue weighted by molar-refractivity contribution is 5.94. The van der Waals surface area contributed by atoms with Gasteiger partial charge in [-0.25, -0.2) is 0 Å². The maximum atomic E-state index is 12.5. The van der Waals surface area contributed by atoms with Gasteiger partial charge in [0.15, 0.2) is 0 Å². The second-order valence-corrected chi connectivity index (χ2v) is 6.86. The van der Waals surface area contributed by atoms with E-state index in [9.17, 15) is 4.79 Å². The summed E-state index contributed by atoms with van der Waals surface area (Å²) in [7, 11) is 0. The second-order valence-electron chi connectivity index (χ2n) is 6.86. The molecule has 5 nitrogen and oxygen atoms in total. The summed E-state index contributed by atoms with van der Waals surface area (Å²) >= 11 is 0. The number of amides is 1. The molecule has 0 aliphatic carbocycles. The van der Waals surface area contributed by atoms with Crippen molar-refractivity contribution in [3.63, 3.8) is 0 Å². The maximum absolute atomic E-state index is 12.5. The predicted molar refractivity (Wildman–Crippen MR) is 108 cm³/mol. The van der Waals surface area contributed by atoms with Crippen molar-refractivity contribution in [1.82, 2.24) is 4.90 Å². The Bertz CT molecular complexity index is 706. The van der Waals surface area contributed by atoms with Crippen molar-refractivity contribution >= 4 is 18.3 Å². The van der Waals surface area contributed by atoms with Gasteiger partial charge in [0.05, 0.1) is 18.7 Å². The molecule has 148 valence electrons. The minimum atomic E-state index is 0. The first-order valence-electron chi connectivity index (χ1n) is 9.48. The molecular formula is C21H29ClN2O3. The van der Waals surface area contributed by atoms with Crippen molar-refractivity contribution in [2.45, 2.75) is 39.2 Å². The van der Waals surface area contributed by atoms with Gasteiger partial charge in [-0.3, -0.25) is 4.79 Å². The number of hydrogen-bond acceptors (Lipinski definition) is 4. The first kappa shape index (κ1) is 21.3. The van der Waals surface area contributed by atoms with Crippen LogP contribution in [0.15, 0.2) is 41.0 Å². The third-order valence-corrected chi connectivity index (χ3v) is 5.08. The summed E-state index contributed by atoms with van der Waals surface area (Å²) in [5.74, 6) is 2.31. The SMILES string of the molecule is CCOc1ccc(CCC2CCN(C(=O)c3coc(CN)c3)CC2)cc1.Cl. The maximum Gasteiger partial charge on any atom is 0.257 e. The van der Waals surface area contributed by atoms with Crippen LogP contribution in [-0.4, -0.2) is 30.5 Å². The van der Waals surface area contributed by atoms with E-state index >= 15 is 0 Å². The van der Waals surface area contributed by atoms with Gasteiger partial charge < -0.3 is 19.8 Å². The second kappa shape index (κ2) is 10.4. The zero-order chi connectivity index (χ0) is 18.4. The minimum absolute atomic E-state index is 0. The van der Waals surface area contributed by atoms with Gasteiger partial charge in [0.1, 0.15) is 17.8 Å². The molecule has 2 aromatic rings. The van der Waals surface area contributed by atoms with Gasteiger partial charge in [-0.15, -0.1) is 12.4 Å². The highest BCUT2D eigenvalue weighted by atomic mass is 35.5. The molecule has 1 aliphatic heterocycles. The van der Waals surface area contributed by atoms with Crippen molar-refractivity contribution in [3.8, 4) is 5.75 Å². The number of ether oxygens (including phenoxy) is 1. The number of rotatable bonds is 7. The van der Waals surface area contributed by atoms with E-state index in [1.54, 1.807) is 6.07 Å². The number of benzene rings is 1. The Labute approximate surface area is 167 Å². The zero-order valence-electron chi connectivity index (χ0n) is 15.9. The molecule has 2 N–H and O–H groups in total. The molecule has 0 radical (unpaired) electrons. The predicted octanol–water partition coefficient (Wildman–Crippen LogP) is 4.04. The Morgan fingerprint density at radius 3 is 2.56 bits per heavy atom. The van der Waals surface area contributed by atoms with Crippen molar-refractivity contribution in [2.75, 3.05) is 19.7 Å². The van der Waals surface area contributed by atoms with Crippen LogP contribution in [-0.2, 0) is 13.0 Å². The Morgan fingerprint density at radius 1 is 1.26 bits per heavy atom. The van der Waals surface area contributed by atoms with E-state index in [-0.39, 0.29) is 18.3 Å². The van der Waals surface area contributed by atoms with Crippen LogP contribution in [0.25, 0.3) is 0 Å². The topological polar surface area (TPSA) is 68.7 Å². The third-order valence-electron chi connectivity index (χ3n) is 5.08. The standard InChI is InChI=1S/C21H28N2O3.ClH/c1-2-25-19-7-5-16(6-8-19)3-4-17-9-11-23(12-10-17)21(24)18-13-20(14-22)26-15-18;/h5-8,13,15,17H,2-4,9-12,14,22H2,1H3;1H. The van der Waals surface area contributed by atoms with E-state index in [2.05, 4.69) is 12.1 Å². The number of furan rings is 1. The summed E-state index contributed by atoms with van der Waals surface area (Å²) in [5, 5.41) is 0. The fourth-order valence-corrected chi connectivity index (χ4v) is 3.50. The van der Waals surface area contributed by atoms with E-state index in [0.29, 0.717) is 30.4 Å². The Kier molecular flexibility index (Phi) is 8.20. The number of halogens is 1. The number of aryl methyl sites for hydroxylation is 1. The lowest BCUT2D eigenvalue weighted by atomic mass is 9.90. The highest BCUT2D eigenvalue weighted by Gasteiger charge is 2.24. The van der Waals surface area contributed by atoms with Crippen LogP contribution in [0.2, 0.25) is 0 Å². The van der Waals surface area contributed by atoms with Crippen molar-refractivity contribution in [3.05, 3.63) is 53.5 Å². The molecule has 0 unspecified atom stereocenters. The Balaban J connectivity index is 0.00000261. The summed E-state index contributed by atoms with van der Waals surface area (Å²) in [5.41, 5.74) is 7.50. The summed E-state index contributed by atoms with van der Waals surface area (Å²) in [4.78, 5) is 14.4. The number of piperidine rings is 1. The van der Waals surface area contributed by atoms with Gasteiger partial charge in [0, 0.05) is 13.1 Å². The van der Waals surface area contributed by atoms with E-state index in [1.165, 1.54) is 18.2 Å². The van der Waals surface area contributed by atoms with E-state index in [4.69, 9.17) is 14.9 Å². The van der Waals surface area contributed by atoms with Crippen LogP contribution in [0, 0.1) is 5.92 Å². The molecule has 1 aromatic heterocycles. The van der Waals surface area contributed by atoms with E-state index in [0.717, 1.165) is 38.1 Å². The van der Waals surface area contributed by atoms with Gasteiger partial charge in [-0.05, 0) is 62.3 Å². The summed E-state index contributed by atoms with van der Waals surface area (Å²) < 4.78 is 10.8. The molecule has 0 spiro atoms. The average molecular weight is 393 g/mol. The number of hydrogen-bond donors (Lipinski definition) is 1. The fraction of sp³-hybridized carbons (Fsp3) is 0.476. The van der Waals surface area contributed by atoms with E-state index in [1.807, 2.05) is 24.0 Å². The molecule has 6 heteroatoms. The minimum Gasteiger partial charge on any atom is -0.494 e. The molecule has 0 atom stereocenters. The number of carbonyl (C=O) groups is 1. The first-order chi connectivity index (χ1) is 12.7. The van der Waals surface area contributed by atoms with Gasteiger partial charge >= 0.3 is 0 Å². The van der Waals surface area contributed by atoms with E-state index < -0.39 is 0 Å². The van der Waals surface area contributed by atoms with Gasteiger partial charge in [-0.2, -0.15) is 0 Å².